The van der Waals surface area contributed by atoms with Crippen LogP contribution in [0.5, 0.6) is 0 Å². The van der Waals surface area contributed by atoms with Gasteiger partial charge in [-0.25, -0.2) is 17.8 Å². The van der Waals surface area contributed by atoms with Crippen LogP contribution >= 0.6 is 0 Å². The van der Waals surface area contributed by atoms with Gasteiger partial charge in [0.25, 0.3) is 10.0 Å². The Morgan fingerprint density at radius 3 is 2.20 bits per heavy atom. The van der Waals surface area contributed by atoms with Crippen LogP contribution in [0.2, 0.25) is 0 Å². The maximum Gasteiger partial charge on any atom is 0.409 e. The minimum atomic E-state index is -4.88. The van der Waals surface area contributed by atoms with E-state index >= 15 is 0 Å². The molecule has 0 aliphatic rings. The second kappa shape index (κ2) is 7.09. The van der Waals surface area contributed by atoms with Crippen molar-refractivity contribution >= 4 is 10.0 Å². The van der Waals surface area contributed by atoms with Gasteiger partial charge in [0.05, 0.1) is 0 Å². The molecule has 0 saturated carbocycles. The zero-order valence-corrected chi connectivity index (χ0v) is 14.3. The molecule has 0 radical (unpaired) electrons. The van der Waals surface area contributed by atoms with Gasteiger partial charge in [0.15, 0.2) is 5.03 Å². The van der Waals surface area contributed by atoms with Crippen LogP contribution in [0.4, 0.5) is 17.6 Å². The summed E-state index contributed by atoms with van der Waals surface area (Å²) >= 11 is 0. The van der Waals surface area contributed by atoms with E-state index in [1.165, 1.54) is 26.0 Å². The van der Waals surface area contributed by atoms with Crippen LogP contribution < -0.4 is 0 Å². The van der Waals surface area contributed by atoms with Crippen molar-refractivity contribution in [2.45, 2.75) is 31.1 Å². The highest BCUT2D eigenvalue weighted by Gasteiger charge is 2.49. The van der Waals surface area contributed by atoms with Crippen molar-refractivity contribution in [1.82, 2.24) is 9.29 Å². The Balaban J connectivity index is 2.59. The third-order valence-corrected chi connectivity index (χ3v) is 5.37. The summed E-state index contributed by atoms with van der Waals surface area (Å²) in [7, 11) is -4.51. The van der Waals surface area contributed by atoms with Gasteiger partial charge in [-0.05, 0) is 36.8 Å². The average molecular weight is 376 g/mol. The number of sulfonamides is 1. The predicted octanol–water partition coefficient (Wildman–Crippen LogP) is 3.84. The van der Waals surface area contributed by atoms with Gasteiger partial charge in [0, 0.05) is 12.2 Å². The fourth-order valence-corrected chi connectivity index (χ4v) is 4.05. The van der Waals surface area contributed by atoms with Crippen LogP contribution in [0.1, 0.15) is 24.2 Å². The summed E-state index contributed by atoms with van der Waals surface area (Å²) in [4.78, 5) is 3.83. The van der Waals surface area contributed by atoms with Gasteiger partial charge >= 0.3 is 6.18 Å². The second-order valence-electron chi connectivity index (χ2n) is 5.32. The highest BCUT2D eigenvalue weighted by Crippen LogP contribution is 2.40. The van der Waals surface area contributed by atoms with Gasteiger partial charge in [0.1, 0.15) is 11.9 Å². The molecule has 0 amide bonds. The highest BCUT2D eigenvalue weighted by atomic mass is 32.2. The third kappa shape index (κ3) is 4.16. The Labute approximate surface area is 143 Å². The van der Waals surface area contributed by atoms with Crippen LogP contribution in [-0.4, -0.2) is 30.4 Å². The van der Waals surface area contributed by atoms with Gasteiger partial charge in [0.2, 0.25) is 0 Å². The van der Waals surface area contributed by atoms with E-state index in [9.17, 15) is 26.0 Å². The van der Waals surface area contributed by atoms with Crippen molar-refractivity contribution in [3.8, 4) is 0 Å². The van der Waals surface area contributed by atoms with Crippen LogP contribution in [0.15, 0.2) is 47.5 Å². The van der Waals surface area contributed by atoms with E-state index in [1.54, 1.807) is 0 Å². The largest absolute Gasteiger partial charge is 0.409 e. The van der Waals surface area contributed by atoms with Gasteiger partial charge in [-0.3, -0.25) is 0 Å². The molecule has 4 nitrogen and oxygen atoms in total. The predicted molar refractivity (Wildman–Crippen MR) is 83.7 cm³/mol. The third-order valence-electron chi connectivity index (χ3n) is 3.53. The molecule has 0 spiro atoms. The van der Waals surface area contributed by atoms with Gasteiger partial charge in [-0.15, -0.1) is 0 Å². The molecule has 0 aliphatic heterocycles. The van der Waals surface area contributed by atoms with E-state index in [2.05, 4.69) is 4.98 Å². The van der Waals surface area contributed by atoms with E-state index in [-0.39, 0.29) is 5.56 Å². The molecule has 0 saturated heterocycles. The quantitative estimate of drug-likeness (QED) is 0.745. The number of rotatable bonds is 5. The molecule has 0 N–H and O–H groups in total. The lowest BCUT2D eigenvalue weighted by Crippen LogP contribution is -2.42. The monoisotopic (exact) mass is 376 g/mol. The maximum atomic E-state index is 13.6. The zero-order valence-electron chi connectivity index (χ0n) is 13.5. The molecular weight excluding hydrogens is 360 g/mol. The Morgan fingerprint density at radius 2 is 1.72 bits per heavy atom. The standard InChI is InChI=1S/C16H16F4N2O2S/c1-3-22(25(23,24)14-6-4-5-11(2)21-14)15(16(18,19)20)12-7-9-13(17)10-8-12/h4-10,15H,3H2,1-2H3. The lowest BCUT2D eigenvalue weighted by molar-refractivity contribution is -0.173. The normalized spacial score (nSPS) is 13.9. The van der Waals surface area contributed by atoms with E-state index in [4.69, 9.17) is 0 Å². The van der Waals surface area contributed by atoms with E-state index in [0.717, 1.165) is 30.3 Å². The molecule has 2 aromatic rings. The lowest BCUT2D eigenvalue weighted by atomic mass is 10.1. The van der Waals surface area contributed by atoms with E-state index in [1.807, 2.05) is 0 Å². The lowest BCUT2D eigenvalue weighted by Gasteiger charge is -2.31. The summed E-state index contributed by atoms with van der Waals surface area (Å²) in [5.74, 6) is -0.712. The fourth-order valence-electron chi connectivity index (χ4n) is 2.44. The molecule has 2 rings (SSSR count). The van der Waals surface area contributed by atoms with Crippen molar-refractivity contribution in [1.29, 1.82) is 0 Å². The number of nitrogens with zero attached hydrogens (tertiary/aromatic N) is 2. The molecule has 136 valence electrons. The molecule has 1 atom stereocenters. The Hall–Kier alpha value is -2.00. The first kappa shape index (κ1) is 19.3. The summed E-state index contributed by atoms with van der Waals surface area (Å²) in [5.41, 5.74) is -0.00514. The second-order valence-corrected chi connectivity index (χ2v) is 7.16. The maximum absolute atomic E-state index is 13.6. The topological polar surface area (TPSA) is 50.3 Å². The molecule has 9 heteroatoms. The number of aryl methyl sites for hydroxylation is 1. The average Bonchev–Trinajstić information content (AvgIpc) is 2.52. The van der Waals surface area contributed by atoms with Crippen molar-refractivity contribution < 1.29 is 26.0 Å². The van der Waals surface area contributed by atoms with Gasteiger partial charge < -0.3 is 0 Å². The first-order chi connectivity index (χ1) is 11.6. The summed E-state index contributed by atoms with van der Waals surface area (Å²) in [6.07, 6.45) is -4.88. The van der Waals surface area contributed by atoms with Crippen molar-refractivity contribution in [2.24, 2.45) is 0 Å². The first-order valence-corrected chi connectivity index (χ1v) is 8.79. The van der Waals surface area contributed by atoms with Gasteiger partial charge in [-0.1, -0.05) is 25.1 Å². The summed E-state index contributed by atoms with van der Waals surface area (Å²) in [5, 5.41) is -0.467. The minimum absolute atomic E-state index is 0.321. The number of aromatic nitrogens is 1. The van der Waals surface area contributed by atoms with Gasteiger partial charge in [-0.2, -0.15) is 17.5 Å². The number of benzene rings is 1. The minimum Gasteiger partial charge on any atom is -0.240 e. The number of alkyl halides is 3. The molecular formula is C16H16F4N2O2S. The van der Waals surface area contributed by atoms with E-state index < -0.39 is 39.6 Å². The number of hydrogen-bond acceptors (Lipinski definition) is 3. The smallest absolute Gasteiger partial charge is 0.240 e. The highest BCUT2D eigenvalue weighted by molar-refractivity contribution is 7.89. The van der Waals surface area contributed by atoms with Crippen LogP contribution in [0.3, 0.4) is 0 Å². The molecule has 1 aromatic heterocycles. The molecule has 1 unspecified atom stereocenters. The molecule has 1 aromatic carbocycles. The Bertz CT molecular complexity index is 836. The van der Waals surface area contributed by atoms with Crippen molar-refractivity contribution in [3.63, 3.8) is 0 Å². The molecule has 1 heterocycles. The Kier molecular flexibility index (Phi) is 5.48. The van der Waals surface area contributed by atoms with Crippen LogP contribution in [0.25, 0.3) is 0 Å². The molecule has 25 heavy (non-hydrogen) atoms. The molecule has 0 fully saturated rings. The Morgan fingerprint density at radius 1 is 1.12 bits per heavy atom. The van der Waals surface area contributed by atoms with Crippen LogP contribution in [0, 0.1) is 12.7 Å². The number of hydrogen-bond donors (Lipinski definition) is 0. The fraction of sp³-hybridized carbons (Fsp3) is 0.312. The number of pyridine rings is 1. The molecule has 0 bridgehead atoms. The first-order valence-electron chi connectivity index (χ1n) is 7.35. The summed E-state index contributed by atoms with van der Waals surface area (Å²) < 4.78 is 79.8. The van der Waals surface area contributed by atoms with Crippen molar-refractivity contribution in [2.75, 3.05) is 6.54 Å². The zero-order chi connectivity index (χ0) is 18.8. The summed E-state index contributed by atoms with van der Waals surface area (Å²) in [6, 6.07) is 5.22. The summed E-state index contributed by atoms with van der Waals surface area (Å²) in [6.45, 7) is 2.41. The molecule has 0 aliphatic carbocycles. The number of halogens is 4. The van der Waals surface area contributed by atoms with Crippen molar-refractivity contribution in [3.05, 3.63) is 59.5 Å². The van der Waals surface area contributed by atoms with Crippen LogP contribution in [-0.2, 0) is 10.0 Å². The van der Waals surface area contributed by atoms with E-state index in [0.29, 0.717) is 10.00 Å². The SMILES string of the molecule is CCN(C(c1ccc(F)cc1)C(F)(F)F)S(=O)(=O)c1cccc(C)n1.